The van der Waals surface area contributed by atoms with Gasteiger partial charge in [0.15, 0.2) is 0 Å². The van der Waals surface area contributed by atoms with Crippen LogP contribution in [0, 0.1) is 6.92 Å². The fourth-order valence-electron chi connectivity index (χ4n) is 3.96. The summed E-state index contributed by atoms with van der Waals surface area (Å²) in [7, 11) is -4.06. The smallest absolute Gasteiger partial charge is 0.422 e. The Labute approximate surface area is 224 Å². The number of nitrogens with zero attached hydrogens (tertiary/aromatic N) is 5. The van der Waals surface area contributed by atoms with E-state index in [2.05, 4.69) is 20.4 Å². The van der Waals surface area contributed by atoms with E-state index in [-0.39, 0.29) is 30.8 Å². The molecule has 4 aromatic rings. The fourth-order valence-corrected chi connectivity index (χ4v) is 5.09. The first-order chi connectivity index (χ1) is 18.4. The highest BCUT2D eigenvalue weighted by molar-refractivity contribution is 7.87. The minimum atomic E-state index is -4.06. The molecule has 1 aliphatic heterocycles. The molecular formula is C25H27N7O6S. The van der Waals surface area contributed by atoms with E-state index in [0.717, 1.165) is 9.87 Å². The van der Waals surface area contributed by atoms with Gasteiger partial charge in [-0.3, -0.25) is 9.20 Å². The van der Waals surface area contributed by atoms with E-state index in [4.69, 9.17) is 9.26 Å². The molecule has 0 spiro atoms. The van der Waals surface area contributed by atoms with E-state index in [1.54, 1.807) is 43.5 Å². The number of imidazole rings is 1. The van der Waals surface area contributed by atoms with E-state index >= 15 is 0 Å². The maximum atomic E-state index is 13.0. The lowest BCUT2D eigenvalue weighted by Crippen LogP contribution is -2.54. The van der Waals surface area contributed by atoms with Crippen LogP contribution in [-0.4, -0.2) is 62.9 Å². The summed E-state index contributed by atoms with van der Waals surface area (Å²) in [4.78, 5) is 33.5. The number of aryl methyl sites for hydroxylation is 1. The molecule has 0 radical (unpaired) electrons. The van der Waals surface area contributed by atoms with Gasteiger partial charge in [0.1, 0.15) is 16.9 Å². The molecular weight excluding hydrogens is 526 g/mol. The van der Waals surface area contributed by atoms with Crippen LogP contribution < -0.4 is 10.0 Å². The Kier molecular flexibility index (Phi) is 6.60. The fraction of sp³-hybridized carbons (Fsp3) is 0.320. The summed E-state index contributed by atoms with van der Waals surface area (Å²) in [5.74, 6) is -0.0890. The Morgan fingerprint density at radius 2 is 1.92 bits per heavy atom. The number of hydrogen-bond donors (Lipinski definition) is 2. The topological polar surface area (TPSA) is 161 Å². The zero-order chi connectivity index (χ0) is 27.9. The van der Waals surface area contributed by atoms with Gasteiger partial charge in [0.25, 0.3) is 5.91 Å². The lowest BCUT2D eigenvalue weighted by molar-refractivity contribution is 0.0564. The van der Waals surface area contributed by atoms with Crippen LogP contribution in [-0.2, 0) is 14.9 Å². The Balaban J connectivity index is 1.25. The third-order valence-corrected chi connectivity index (χ3v) is 7.39. The van der Waals surface area contributed by atoms with Gasteiger partial charge in [-0.05, 0) is 51.5 Å². The molecule has 1 saturated heterocycles. The monoisotopic (exact) mass is 553 g/mol. The number of carbonyl (C=O) groups is 2. The minimum absolute atomic E-state index is 0.0638. The Morgan fingerprint density at radius 1 is 1.15 bits per heavy atom. The third kappa shape index (κ3) is 5.61. The van der Waals surface area contributed by atoms with Crippen LogP contribution in [0.15, 0.2) is 53.3 Å². The van der Waals surface area contributed by atoms with E-state index < -0.39 is 21.9 Å². The number of anilines is 1. The standard InChI is InChI=1S/C25H27N7O6S/c1-15-8-9-16(11-18(15)27-22(33)19-12-26-20-7-5-6-10-32(19)20)21-28-23(38-29-21)17-13-31(14-17)39(35,36)30-24(34)37-25(2,3)4/h5-12,17H,13-14H2,1-4H3,(H,27,33)(H,30,34). The van der Waals surface area contributed by atoms with Crippen molar-refractivity contribution in [3.8, 4) is 11.4 Å². The van der Waals surface area contributed by atoms with Gasteiger partial charge in [-0.15, -0.1) is 0 Å². The first-order valence-corrected chi connectivity index (χ1v) is 13.5. The maximum Gasteiger partial charge on any atom is 0.422 e. The molecule has 0 bridgehead atoms. The molecule has 39 heavy (non-hydrogen) atoms. The number of fused-ring (bicyclic) bond motifs is 1. The van der Waals surface area contributed by atoms with Crippen molar-refractivity contribution < 1.29 is 27.3 Å². The largest absolute Gasteiger partial charge is 0.443 e. The lowest BCUT2D eigenvalue weighted by Gasteiger charge is -2.35. The normalized spacial score (nSPS) is 14.7. The molecule has 0 unspecified atom stereocenters. The molecule has 1 aromatic carbocycles. The van der Waals surface area contributed by atoms with Crippen molar-refractivity contribution in [2.45, 2.75) is 39.2 Å². The van der Waals surface area contributed by atoms with Crippen molar-refractivity contribution >= 4 is 33.5 Å². The van der Waals surface area contributed by atoms with Crippen LogP contribution in [0.2, 0.25) is 0 Å². The second kappa shape index (κ2) is 9.78. The molecule has 5 rings (SSSR count). The second-order valence-electron chi connectivity index (χ2n) is 10.1. The Morgan fingerprint density at radius 3 is 2.67 bits per heavy atom. The van der Waals surface area contributed by atoms with Crippen molar-refractivity contribution in [1.29, 1.82) is 0 Å². The molecule has 204 valence electrons. The van der Waals surface area contributed by atoms with Crippen LogP contribution in [0.4, 0.5) is 10.5 Å². The highest BCUT2D eigenvalue weighted by Crippen LogP contribution is 2.30. The zero-order valence-corrected chi connectivity index (χ0v) is 22.5. The first-order valence-electron chi connectivity index (χ1n) is 12.1. The Hall–Kier alpha value is -4.30. The molecule has 0 aliphatic carbocycles. The van der Waals surface area contributed by atoms with E-state index in [1.165, 1.54) is 6.20 Å². The van der Waals surface area contributed by atoms with Crippen LogP contribution in [0.25, 0.3) is 17.0 Å². The van der Waals surface area contributed by atoms with Gasteiger partial charge in [0.2, 0.25) is 11.7 Å². The average molecular weight is 554 g/mol. The lowest BCUT2D eigenvalue weighted by atomic mass is 10.0. The average Bonchev–Trinajstić information content (AvgIpc) is 3.45. The third-order valence-electron chi connectivity index (χ3n) is 5.98. The number of hydrogen-bond acceptors (Lipinski definition) is 9. The first kappa shape index (κ1) is 26.3. The van der Waals surface area contributed by atoms with E-state index in [1.807, 2.05) is 35.9 Å². The number of nitrogens with one attached hydrogen (secondary N) is 2. The minimum Gasteiger partial charge on any atom is -0.443 e. The van der Waals surface area contributed by atoms with Crippen molar-refractivity contribution in [1.82, 2.24) is 28.6 Å². The molecule has 14 heteroatoms. The predicted octanol–water partition coefficient (Wildman–Crippen LogP) is 3.11. The van der Waals surface area contributed by atoms with Gasteiger partial charge in [-0.25, -0.2) is 14.5 Å². The summed E-state index contributed by atoms with van der Waals surface area (Å²) in [6.45, 7) is 6.91. The van der Waals surface area contributed by atoms with Gasteiger partial charge in [-0.1, -0.05) is 23.4 Å². The molecule has 0 saturated carbocycles. The highest BCUT2D eigenvalue weighted by atomic mass is 32.2. The second-order valence-corrected chi connectivity index (χ2v) is 11.8. The van der Waals surface area contributed by atoms with Gasteiger partial charge in [-0.2, -0.15) is 17.7 Å². The van der Waals surface area contributed by atoms with Gasteiger partial charge in [0.05, 0.1) is 12.1 Å². The number of amides is 2. The summed E-state index contributed by atoms with van der Waals surface area (Å²) in [6, 6.07) is 10.8. The maximum absolute atomic E-state index is 13.0. The highest BCUT2D eigenvalue weighted by Gasteiger charge is 2.41. The van der Waals surface area contributed by atoms with Crippen molar-refractivity contribution in [2.75, 3.05) is 18.4 Å². The van der Waals surface area contributed by atoms with Crippen LogP contribution in [0.1, 0.15) is 48.6 Å². The van der Waals surface area contributed by atoms with Crippen molar-refractivity contribution in [3.63, 3.8) is 0 Å². The zero-order valence-electron chi connectivity index (χ0n) is 21.7. The predicted molar refractivity (Wildman–Crippen MR) is 140 cm³/mol. The molecule has 3 aromatic heterocycles. The van der Waals surface area contributed by atoms with E-state index in [9.17, 15) is 18.0 Å². The van der Waals surface area contributed by atoms with Gasteiger partial charge >= 0.3 is 16.3 Å². The van der Waals surface area contributed by atoms with Crippen LogP contribution >= 0.6 is 0 Å². The van der Waals surface area contributed by atoms with Gasteiger partial charge in [0, 0.05) is 30.5 Å². The van der Waals surface area contributed by atoms with Crippen molar-refractivity contribution in [3.05, 3.63) is 65.9 Å². The molecule has 2 amide bonds. The summed E-state index contributed by atoms with van der Waals surface area (Å²) in [5.41, 5.74) is 2.24. The van der Waals surface area contributed by atoms with Crippen molar-refractivity contribution in [2.24, 2.45) is 0 Å². The van der Waals surface area contributed by atoms with Crippen LogP contribution in [0.3, 0.4) is 0 Å². The number of rotatable bonds is 6. The summed E-state index contributed by atoms with van der Waals surface area (Å²) >= 11 is 0. The number of ether oxygens (including phenoxy) is 1. The number of pyridine rings is 1. The molecule has 4 heterocycles. The summed E-state index contributed by atoms with van der Waals surface area (Å²) in [6.07, 6.45) is 2.23. The quantitative estimate of drug-likeness (QED) is 0.365. The number of benzene rings is 1. The summed E-state index contributed by atoms with van der Waals surface area (Å²) in [5, 5.41) is 6.95. The SMILES string of the molecule is Cc1ccc(-c2noc(C3CN(S(=O)(=O)NC(=O)OC(C)(C)C)C3)n2)cc1NC(=O)c1cnc2ccccn12. The molecule has 0 atom stereocenters. The molecule has 1 aliphatic rings. The van der Waals surface area contributed by atoms with Gasteiger partial charge < -0.3 is 14.6 Å². The molecule has 1 fully saturated rings. The summed E-state index contributed by atoms with van der Waals surface area (Å²) < 4.78 is 40.0. The van der Waals surface area contributed by atoms with Crippen LogP contribution in [0.5, 0.6) is 0 Å². The molecule has 13 nitrogen and oxygen atoms in total. The Bertz CT molecular complexity index is 1670. The van der Waals surface area contributed by atoms with E-state index in [0.29, 0.717) is 28.4 Å². The number of carbonyl (C=O) groups excluding carboxylic acids is 2. The molecule has 2 N–H and O–H groups in total. The number of aromatic nitrogens is 4.